The Morgan fingerprint density at radius 1 is 0.952 bits per heavy atom. The fraction of sp³-hybridized carbons (Fsp3) is 0.333. The number of aryl methyl sites for hydroxylation is 1. The lowest BCUT2D eigenvalue weighted by Crippen LogP contribution is -2.03. The molecule has 0 bridgehead atoms. The van der Waals surface area contributed by atoms with Gasteiger partial charge in [0, 0.05) is 19.3 Å². The summed E-state index contributed by atoms with van der Waals surface area (Å²) in [5.41, 5.74) is 4.85. The molecule has 0 aromatic heterocycles. The van der Waals surface area contributed by atoms with Crippen molar-refractivity contribution in [3.63, 3.8) is 0 Å². The van der Waals surface area contributed by atoms with E-state index >= 15 is 0 Å². The van der Waals surface area contributed by atoms with Gasteiger partial charge in [0.2, 0.25) is 0 Å². The third kappa shape index (κ3) is 5.58. The predicted molar refractivity (Wildman–Crippen MR) is 86.5 cm³/mol. The zero-order valence-electron chi connectivity index (χ0n) is 12.8. The second kappa shape index (κ2) is 8.45. The SMILES string of the molecule is COCCOCc1cccc(NCc2ccc(C)cc2)c1. The van der Waals surface area contributed by atoms with Crippen LogP contribution in [0.3, 0.4) is 0 Å². The molecule has 0 heterocycles. The van der Waals surface area contributed by atoms with Crippen molar-refractivity contribution < 1.29 is 9.47 Å². The summed E-state index contributed by atoms with van der Waals surface area (Å²) < 4.78 is 10.5. The smallest absolute Gasteiger partial charge is 0.0718 e. The quantitative estimate of drug-likeness (QED) is 0.749. The van der Waals surface area contributed by atoms with Gasteiger partial charge in [-0.15, -0.1) is 0 Å². The number of nitrogens with one attached hydrogen (secondary N) is 1. The van der Waals surface area contributed by atoms with E-state index in [1.54, 1.807) is 7.11 Å². The highest BCUT2D eigenvalue weighted by molar-refractivity contribution is 5.46. The molecule has 0 saturated heterocycles. The van der Waals surface area contributed by atoms with Gasteiger partial charge < -0.3 is 14.8 Å². The summed E-state index contributed by atoms with van der Waals surface area (Å²) in [5, 5.41) is 3.44. The van der Waals surface area contributed by atoms with Crippen LogP contribution in [-0.2, 0) is 22.6 Å². The van der Waals surface area contributed by atoms with Crippen molar-refractivity contribution in [3.05, 3.63) is 65.2 Å². The molecular formula is C18H23NO2. The molecule has 112 valence electrons. The minimum atomic E-state index is 0.614. The first-order chi connectivity index (χ1) is 10.3. The van der Waals surface area contributed by atoms with Crippen LogP contribution < -0.4 is 5.32 Å². The van der Waals surface area contributed by atoms with E-state index in [0.717, 1.165) is 12.2 Å². The second-order valence-corrected chi connectivity index (χ2v) is 5.08. The van der Waals surface area contributed by atoms with Gasteiger partial charge in [0.25, 0.3) is 0 Å². The van der Waals surface area contributed by atoms with E-state index in [9.17, 15) is 0 Å². The number of rotatable bonds is 8. The first-order valence-electron chi connectivity index (χ1n) is 7.23. The van der Waals surface area contributed by atoms with E-state index in [2.05, 4.69) is 54.7 Å². The second-order valence-electron chi connectivity index (χ2n) is 5.08. The van der Waals surface area contributed by atoms with E-state index in [1.807, 2.05) is 6.07 Å². The predicted octanol–water partition coefficient (Wildman–Crippen LogP) is 3.77. The normalized spacial score (nSPS) is 10.6. The Hall–Kier alpha value is -1.84. The highest BCUT2D eigenvalue weighted by Crippen LogP contribution is 2.13. The van der Waals surface area contributed by atoms with Crippen molar-refractivity contribution in [1.29, 1.82) is 0 Å². The van der Waals surface area contributed by atoms with Gasteiger partial charge in [0.1, 0.15) is 0 Å². The standard InChI is InChI=1S/C18H23NO2/c1-15-6-8-16(9-7-15)13-19-18-5-3-4-17(12-18)14-21-11-10-20-2/h3-9,12,19H,10-11,13-14H2,1-2H3. The van der Waals surface area contributed by atoms with Gasteiger partial charge in [0.15, 0.2) is 0 Å². The van der Waals surface area contributed by atoms with E-state index in [4.69, 9.17) is 9.47 Å². The summed E-state index contributed by atoms with van der Waals surface area (Å²) >= 11 is 0. The minimum absolute atomic E-state index is 0.614. The molecule has 0 aliphatic carbocycles. The van der Waals surface area contributed by atoms with Crippen LogP contribution in [0.15, 0.2) is 48.5 Å². The zero-order chi connectivity index (χ0) is 14.9. The molecule has 2 aromatic carbocycles. The Morgan fingerprint density at radius 2 is 1.76 bits per heavy atom. The fourth-order valence-corrected chi connectivity index (χ4v) is 2.01. The number of benzene rings is 2. The number of hydrogen-bond donors (Lipinski definition) is 1. The molecule has 0 fully saturated rings. The average molecular weight is 285 g/mol. The van der Waals surface area contributed by atoms with Crippen LogP contribution in [-0.4, -0.2) is 20.3 Å². The van der Waals surface area contributed by atoms with E-state index in [0.29, 0.717) is 19.8 Å². The molecule has 0 atom stereocenters. The summed E-state index contributed by atoms with van der Waals surface area (Å²) in [7, 11) is 1.68. The molecule has 21 heavy (non-hydrogen) atoms. The molecular weight excluding hydrogens is 262 g/mol. The highest BCUT2D eigenvalue weighted by Gasteiger charge is 1.98. The lowest BCUT2D eigenvalue weighted by Gasteiger charge is -2.09. The Morgan fingerprint density at radius 3 is 2.52 bits per heavy atom. The van der Waals surface area contributed by atoms with Crippen LogP contribution in [0.25, 0.3) is 0 Å². The van der Waals surface area contributed by atoms with Crippen molar-refractivity contribution in [1.82, 2.24) is 0 Å². The molecule has 0 radical (unpaired) electrons. The van der Waals surface area contributed by atoms with Gasteiger partial charge in [-0.3, -0.25) is 0 Å². The van der Waals surface area contributed by atoms with Crippen molar-refractivity contribution in [2.24, 2.45) is 0 Å². The van der Waals surface area contributed by atoms with Crippen molar-refractivity contribution in [2.45, 2.75) is 20.1 Å². The maximum absolute atomic E-state index is 5.54. The lowest BCUT2D eigenvalue weighted by atomic mass is 10.1. The van der Waals surface area contributed by atoms with Gasteiger partial charge in [-0.05, 0) is 30.2 Å². The first-order valence-corrected chi connectivity index (χ1v) is 7.23. The van der Waals surface area contributed by atoms with Gasteiger partial charge in [-0.25, -0.2) is 0 Å². The maximum atomic E-state index is 5.54. The molecule has 2 aromatic rings. The summed E-state index contributed by atoms with van der Waals surface area (Å²) in [5.74, 6) is 0. The molecule has 0 spiro atoms. The molecule has 2 rings (SSSR count). The van der Waals surface area contributed by atoms with Crippen molar-refractivity contribution in [2.75, 3.05) is 25.6 Å². The lowest BCUT2D eigenvalue weighted by molar-refractivity contribution is 0.0617. The van der Waals surface area contributed by atoms with Crippen LogP contribution >= 0.6 is 0 Å². The monoisotopic (exact) mass is 285 g/mol. The van der Waals surface area contributed by atoms with Crippen LogP contribution in [0.2, 0.25) is 0 Å². The first kappa shape index (κ1) is 15.5. The van der Waals surface area contributed by atoms with Gasteiger partial charge in [-0.2, -0.15) is 0 Å². The molecule has 0 unspecified atom stereocenters. The van der Waals surface area contributed by atoms with Crippen LogP contribution in [0.5, 0.6) is 0 Å². The number of methoxy groups -OCH3 is 1. The van der Waals surface area contributed by atoms with Gasteiger partial charge >= 0.3 is 0 Å². The van der Waals surface area contributed by atoms with Gasteiger partial charge in [-0.1, -0.05) is 42.0 Å². The third-order valence-corrected chi connectivity index (χ3v) is 3.24. The number of anilines is 1. The zero-order valence-corrected chi connectivity index (χ0v) is 12.8. The summed E-state index contributed by atoms with van der Waals surface area (Å²) in [4.78, 5) is 0. The highest BCUT2D eigenvalue weighted by atomic mass is 16.5. The Balaban J connectivity index is 1.84. The largest absolute Gasteiger partial charge is 0.382 e. The molecule has 0 amide bonds. The summed E-state index contributed by atoms with van der Waals surface area (Å²) in [6.45, 7) is 4.80. The molecule has 3 nitrogen and oxygen atoms in total. The Kier molecular flexibility index (Phi) is 6.25. The van der Waals surface area contributed by atoms with E-state index in [1.165, 1.54) is 16.7 Å². The molecule has 1 N–H and O–H groups in total. The topological polar surface area (TPSA) is 30.5 Å². The molecule has 3 heteroatoms. The third-order valence-electron chi connectivity index (χ3n) is 3.24. The van der Waals surface area contributed by atoms with Crippen LogP contribution in [0.4, 0.5) is 5.69 Å². The van der Waals surface area contributed by atoms with Crippen LogP contribution in [0, 0.1) is 6.92 Å². The van der Waals surface area contributed by atoms with Gasteiger partial charge in [0.05, 0.1) is 19.8 Å². The maximum Gasteiger partial charge on any atom is 0.0718 e. The Labute approximate surface area is 126 Å². The average Bonchev–Trinajstić information content (AvgIpc) is 2.52. The van der Waals surface area contributed by atoms with Crippen molar-refractivity contribution >= 4 is 5.69 Å². The van der Waals surface area contributed by atoms with Crippen LogP contribution in [0.1, 0.15) is 16.7 Å². The number of ether oxygens (including phenoxy) is 2. The number of hydrogen-bond acceptors (Lipinski definition) is 3. The molecule has 0 saturated carbocycles. The van der Waals surface area contributed by atoms with E-state index < -0.39 is 0 Å². The van der Waals surface area contributed by atoms with E-state index in [-0.39, 0.29) is 0 Å². The Bertz CT molecular complexity index is 537. The fourth-order valence-electron chi connectivity index (χ4n) is 2.01. The molecule has 0 aliphatic heterocycles. The summed E-state index contributed by atoms with van der Waals surface area (Å²) in [6, 6.07) is 16.9. The summed E-state index contributed by atoms with van der Waals surface area (Å²) in [6.07, 6.45) is 0. The van der Waals surface area contributed by atoms with Crippen molar-refractivity contribution in [3.8, 4) is 0 Å². The minimum Gasteiger partial charge on any atom is -0.382 e. The molecule has 0 aliphatic rings.